The number of hydrogen-bond donors (Lipinski definition) is 1. The average Bonchev–Trinajstić information content (AvgIpc) is 3.47. The molecule has 9 heteroatoms. The molecule has 2 aromatic carbocycles. The number of carbonyl (C=O) groups is 1. The van der Waals surface area contributed by atoms with E-state index in [9.17, 15) is 4.79 Å². The number of anilines is 1. The first-order valence-electron chi connectivity index (χ1n) is 10.2. The van der Waals surface area contributed by atoms with Crippen LogP contribution in [0.5, 0.6) is 5.75 Å². The molecule has 1 aliphatic rings. The number of benzene rings is 2. The second kappa shape index (κ2) is 10.3. The first-order chi connectivity index (χ1) is 15.1. The number of methoxy groups -OCH3 is 1. The third-order valence-corrected chi connectivity index (χ3v) is 7.19. The molecule has 7 nitrogen and oxygen atoms in total. The molecule has 3 aromatic rings. The van der Waals surface area contributed by atoms with E-state index >= 15 is 0 Å². The van der Waals surface area contributed by atoms with Gasteiger partial charge in [-0.05, 0) is 47.4 Å². The highest BCUT2D eigenvalue weighted by Crippen LogP contribution is 2.26. The fourth-order valence-corrected chi connectivity index (χ4v) is 5.14. The van der Waals surface area contributed by atoms with Gasteiger partial charge in [0.25, 0.3) is 0 Å². The SMILES string of the molecule is COc1ccc2cc(CN(C)C(=O)CSc3nnc(NCC4CCCO4)s3)ccc2c1. The number of rotatable bonds is 9. The van der Waals surface area contributed by atoms with Crippen LogP contribution in [0, 0.1) is 0 Å². The highest BCUT2D eigenvalue weighted by atomic mass is 32.2. The molecule has 4 rings (SSSR count). The molecule has 0 aliphatic carbocycles. The van der Waals surface area contributed by atoms with Crippen LogP contribution >= 0.6 is 23.1 Å². The molecule has 1 unspecified atom stereocenters. The maximum absolute atomic E-state index is 12.6. The quantitative estimate of drug-likeness (QED) is 0.485. The van der Waals surface area contributed by atoms with Crippen molar-refractivity contribution < 1.29 is 14.3 Å². The maximum atomic E-state index is 12.6. The van der Waals surface area contributed by atoms with Gasteiger partial charge in [-0.3, -0.25) is 4.79 Å². The fourth-order valence-electron chi connectivity index (χ4n) is 3.44. The van der Waals surface area contributed by atoms with Crippen LogP contribution in [0.3, 0.4) is 0 Å². The molecule has 0 bridgehead atoms. The molecule has 1 fully saturated rings. The maximum Gasteiger partial charge on any atom is 0.233 e. The van der Waals surface area contributed by atoms with Crippen molar-refractivity contribution in [3.63, 3.8) is 0 Å². The lowest BCUT2D eigenvalue weighted by molar-refractivity contribution is -0.127. The smallest absolute Gasteiger partial charge is 0.233 e. The van der Waals surface area contributed by atoms with Gasteiger partial charge in [0.05, 0.1) is 19.0 Å². The Bertz CT molecular complexity index is 1040. The van der Waals surface area contributed by atoms with E-state index in [1.165, 1.54) is 23.1 Å². The summed E-state index contributed by atoms with van der Waals surface area (Å²) in [5, 5.41) is 14.6. The first kappa shape index (κ1) is 21.9. The Hall–Kier alpha value is -2.36. The van der Waals surface area contributed by atoms with Crippen molar-refractivity contribution in [2.75, 3.05) is 38.4 Å². The molecular formula is C22H26N4O3S2. The number of aromatic nitrogens is 2. The molecule has 1 saturated heterocycles. The molecule has 1 aliphatic heterocycles. The minimum Gasteiger partial charge on any atom is -0.497 e. The lowest BCUT2D eigenvalue weighted by atomic mass is 10.1. The topological polar surface area (TPSA) is 76.6 Å². The van der Waals surface area contributed by atoms with Crippen molar-refractivity contribution in [1.29, 1.82) is 0 Å². The molecule has 2 heterocycles. The summed E-state index contributed by atoms with van der Waals surface area (Å²) in [4.78, 5) is 14.3. The van der Waals surface area contributed by atoms with E-state index in [0.29, 0.717) is 12.3 Å². The summed E-state index contributed by atoms with van der Waals surface area (Å²) in [5.74, 6) is 1.23. The molecule has 1 aromatic heterocycles. The first-order valence-corrected chi connectivity index (χ1v) is 12.0. The number of nitrogens with zero attached hydrogens (tertiary/aromatic N) is 3. The van der Waals surface area contributed by atoms with E-state index < -0.39 is 0 Å². The summed E-state index contributed by atoms with van der Waals surface area (Å²) in [5.41, 5.74) is 1.09. The Morgan fingerprint density at radius 2 is 2.13 bits per heavy atom. The van der Waals surface area contributed by atoms with Crippen molar-refractivity contribution in [3.8, 4) is 5.75 Å². The Labute approximate surface area is 190 Å². The van der Waals surface area contributed by atoms with Crippen LogP contribution in [-0.2, 0) is 16.1 Å². The summed E-state index contributed by atoms with van der Waals surface area (Å²) in [6, 6.07) is 12.2. The van der Waals surface area contributed by atoms with Crippen LogP contribution in [0.2, 0.25) is 0 Å². The van der Waals surface area contributed by atoms with Crippen LogP contribution in [0.15, 0.2) is 40.7 Å². The third kappa shape index (κ3) is 5.87. The Balaban J connectivity index is 1.26. The predicted octanol–water partition coefficient (Wildman–Crippen LogP) is 4.04. The molecule has 0 radical (unpaired) electrons. The normalized spacial score (nSPS) is 15.9. The van der Waals surface area contributed by atoms with Crippen LogP contribution < -0.4 is 10.1 Å². The predicted molar refractivity (Wildman–Crippen MR) is 125 cm³/mol. The van der Waals surface area contributed by atoms with Gasteiger partial charge >= 0.3 is 0 Å². The molecular weight excluding hydrogens is 432 g/mol. The van der Waals surface area contributed by atoms with E-state index in [4.69, 9.17) is 9.47 Å². The summed E-state index contributed by atoms with van der Waals surface area (Å²) in [7, 11) is 3.49. The molecule has 1 N–H and O–H groups in total. The van der Waals surface area contributed by atoms with Gasteiger partial charge < -0.3 is 19.7 Å². The molecule has 0 saturated carbocycles. The zero-order valence-corrected chi connectivity index (χ0v) is 19.3. The van der Waals surface area contributed by atoms with Crippen LogP contribution in [0.1, 0.15) is 18.4 Å². The number of nitrogens with one attached hydrogen (secondary N) is 1. The van der Waals surface area contributed by atoms with Crippen molar-refractivity contribution in [3.05, 3.63) is 42.0 Å². The van der Waals surface area contributed by atoms with E-state index in [0.717, 1.165) is 57.5 Å². The highest BCUT2D eigenvalue weighted by molar-refractivity contribution is 8.01. The Morgan fingerprint density at radius 1 is 1.29 bits per heavy atom. The fraction of sp³-hybridized carbons (Fsp3) is 0.409. The van der Waals surface area contributed by atoms with Gasteiger partial charge in [-0.15, -0.1) is 10.2 Å². The molecule has 164 valence electrons. The van der Waals surface area contributed by atoms with Crippen molar-refractivity contribution in [1.82, 2.24) is 15.1 Å². The van der Waals surface area contributed by atoms with Crippen LogP contribution in [0.4, 0.5) is 5.13 Å². The largest absolute Gasteiger partial charge is 0.497 e. The second-order valence-electron chi connectivity index (χ2n) is 7.47. The summed E-state index contributed by atoms with van der Waals surface area (Å²) in [6.07, 6.45) is 2.46. The minimum atomic E-state index is 0.0592. The lowest BCUT2D eigenvalue weighted by Gasteiger charge is -2.17. The standard InChI is InChI=1S/C22H26N4O3S2/c1-26(13-15-5-6-17-11-18(28-2)8-7-16(17)10-15)20(27)14-30-22-25-24-21(31-22)23-12-19-4-3-9-29-19/h5-8,10-11,19H,3-4,9,12-14H2,1-2H3,(H,23,24). The Morgan fingerprint density at radius 3 is 2.94 bits per heavy atom. The minimum absolute atomic E-state index is 0.0592. The summed E-state index contributed by atoms with van der Waals surface area (Å²) < 4.78 is 11.7. The van der Waals surface area contributed by atoms with E-state index in [1.54, 1.807) is 12.0 Å². The third-order valence-electron chi connectivity index (χ3n) is 5.19. The number of hydrogen-bond acceptors (Lipinski definition) is 8. The van der Waals surface area contributed by atoms with E-state index in [-0.39, 0.29) is 12.0 Å². The van der Waals surface area contributed by atoms with E-state index in [1.807, 2.05) is 25.2 Å². The molecule has 1 amide bonds. The summed E-state index contributed by atoms with van der Waals surface area (Å²) >= 11 is 2.89. The number of ether oxygens (including phenoxy) is 2. The van der Waals surface area contributed by atoms with Gasteiger partial charge in [0.15, 0.2) is 4.34 Å². The van der Waals surface area contributed by atoms with E-state index in [2.05, 4.69) is 33.7 Å². The van der Waals surface area contributed by atoms with Crippen molar-refractivity contribution in [2.24, 2.45) is 0 Å². The average molecular weight is 459 g/mol. The zero-order valence-electron chi connectivity index (χ0n) is 17.7. The molecule has 1 atom stereocenters. The van der Waals surface area contributed by atoms with Gasteiger partial charge in [0.2, 0.25) is 11.0 Å². The number of thioether (sulfide) groups is 1. The molecule has 31 heavy (non-hydrogen) atoms. The van der Waals surface area contributed by atoms with Crippen LogP contribution in [0.25, 0.3) is 10.8 Å². The van der Waals surface area contributed by atoms with Gasteiger partial charge in [-0.2, -0.15) is 0 Å². The van der Waals surface area contributed by atoms with Crippen molar-refractivity contribution >= 4 is 44.9 Å². The zero-order chi connectivity index (χ0) is 21.6. The second-order valence-corrected chi connectivity index (χ2v) is 9.67. The number of fused-ring (bicyclic) bond motifs is 1. The Kier molecular flexibility index (Phi) is 7.26. The molecule has 0 spiro atoms. The lowest BCUT2D eigenvalue weighted by Crippen LogP contribution is -2.27. The highest BCUT2D eigenvalue weighted by Gasteiger charge is 2.16. The number of amides is 1. The number of carbonyl (C=O) groups excluding carboxylic acids is 1. The van der Waals surface area contributed by atoms with Crippen LogP contribution in [-0.4, -0.2) is 60.2 Å². The monoisotopic (exact) mass is 458 g/mol. The van der Waals surface area contributed by atoms with Crippen molar-refractivity contribution in [2.45, 2.75) is 29.8 Å². The van der Waals surface area contributed by atoms with Gasteiger partial charge in [-0.1, -0.05) is 41.3 Å². The van der Waals surface area contributed by atoms with Gasteiger partial charge in [0, 0.05) is 26.7 Å². The van der Waals surface area contributed by atoms with Gasteiger partial charge in [0.1, 0.15) is 5.75 Å². The summed E-state index contributed by atoms with van der Waals surface area (Å²) in [6.45, 7) is 2.15. The van der Waals surface area contributed by atoms with Gasteiger partial charge in [-0.25, -0.2) is 0 Å².